The predicted octanol–water partition coefficient (Wildman–Crippen LogP) is -3.36. The van der Waals surface area contributed by atoms with E-state index in [4.69, 9.17) is 0 Å². The third-order valence-corrected chi connectivity index (χ3v) is 7.52. The molecule has 2 unspecified atom stereocenters. The van der Waals surface area contributed by atoms with Crippen LogP contribution in [0.25, 0.3) is 24.3 Å². The van der Waals surface area contributed by atoms with Crippen LogP contribution < -0.4 is 74.4 Å². The molecule has 184 valence electrons. The molecule has 4 nitrogen and oxygen atoms in total. The van der Waals surface area contributed by atoms with Gasteiger partial charge in [-0.1, -0.05) is 48.6 Å². The smallest absolute Gasteiger partial charge is 0.0730 e. The second-order valence-electron chi connectivity index (χ2n) is 9.73. The van der Waals surface area contributed by atoms with Crippen LogP contribution in [0.4, 0.5) is 22.7 Å². The molecule has 6 heteroatoms. The van der Waals surface area contributed by atoms with Crippen molar-refractivity contribution in [2.24, 2.45) is 0 Å². The van der Waals surface area contributed by atoms with Crippen LogP contribution in [0, 0.1) is 0 Å². The average molecular weight is 604 g/mol. The van der Waals surface area contributed by atoms with Gasteiger partial charge in [-0.25, -0.2) is 0 Å². The highest BCUT2D eigenvalue weighted by molar-refractivity contribution is 5.84. The lowest BCUT2D eigenvalue weighted by molar-refractivity contribution is -0.00100. The van der Waals surface area contributed by atoms with Crippen molar-refractivity contribution in [2.45, 2.75) is 25.9 Å². The van der Waals surface area contributed by atoms with E-state index >= 15 is 0 Å². The lowest BCUT2D eigenvalue weighted by Gasteiger charge is -2.42. The first-order valence-electron chi connectivity index (χ1n) is 12.2. The number of nitrogens with zero attached hydrogens (tertiary/aromatic N) is 4. The van der Waals surface area contributed by atoms with Gasteiger partial charge in [-0.2, -0.15) is 0 Å². The van der Waals surface area contributed by atoms with E-state index in [2.05, 4.69) is 131 Å². The molecule has 2 atom stereocenters. The Kier molecular flexibility index (Phi) is 6.52. The molecule has 0 amide bonds. The largest absolute Gasteiger partial charge is 1.00 e. The normalized spacial score (nSPS) is 21.7. The van der Waals surface area contributed by atoms with E-state index in [1.165, 1.54) is 43.6 Å². The fraction of sp³-hybridized carbons (Fsp3) is 0.200. The minimum absolute atomic E-state index is 0. The number of hydrogen-bond donors (Lipinski definition) is 0. The summed E-state index contributed by atoms with van der Waals surface area (Å²) < 4.78 is 0. The molecule has 6 aliphatic heterocycles. The molecule has 0 aromatic heterocycles. The maximum Gasteiger partial charge on any atom is 0.0730 e. The van der Waals surface area contributed by atoms with Crippen LogP contribution >= 0.6 is 0 Å². The summed E-state index contributed by atoms with van der Waals surface area (Å²) in [7, 11) is 0. The SMILES string of the molecule is CC1CN2C=CC=c3ccc4c(c32)N1C=CC=4.CC1CN2C=CC=c3ccc4c(c32)N1C=CC=4.[Br-].[Br-]. The molecule has 8 rings (SSSR count). The Morgan fingerprint density at radius 1 is 0.500 bits per heavy atom. The minimum Gasteiger partial charge on any atom is -1.00 e. The zero-order valence-corrected chi connectivity index (χ0v) is 23.5. The molecule has 0 radical (unpaired) electrons. The van der Waals surface area contributed by atoms with Crippen LogP contribution in [-0.2, 0) is 0 Å². The molecule has 0 saturated heterocycles. The zero-order valence-electron chi connectivity index (χ0n) is 20.4. The van der Waals surface area contributed by atoms with Crippen molar-refractivity contribution in [2.75, 3.05) is 32.7 Å². The maximum absolute atomic E-state index is 2.40. The first-order valence-corrected chi connectivity index (χ1v) is 12.2. The summed E-state index contributed by atoms with van der Waals surface area (Å²) in [5.41, 5.74) is 5.46. The molecule has 2 aromatic rings. The monoisotopic (exact) mass is 602 g/mol. The number of benzene rings is 2. The molecule has 0 bridgehead atoms. The van der Waals surface area contributed by atoms with Crippen molar-refractivity contribution in [1.82, 2.24) is 0 Å². The molecule has 2 aromatic carbocycles. The summed E-state index contributed by atoms with van der Waals surface area (Å²) in [6.07, 6.45) is 26.1. The number of rotatable bonds is 0. The predicted molar refractivity (Wildman–Crippen MR) is 144 cm³/mol. The topological polar surface area (TPSA) is 13.0 Å². The van der Waals surface area contributed by atoms with Crippen molar-refractivity contribution >= 4 is 47.1 Å². The Balaban J connectivity index is 0.000000140. The molecule has 6 heterocycles. The number of hydrogen-bond acceptors (Lipinski definition) is 4. The summed E-state index contributed by atoms with van der Waals surface area (Å²) >= 11 is 0. The Hall–Kier alpha value is -2.96. The summed E-state index contributed by atoms with van der Waals surface area (Å²) in [6.45, 7) is 6.67. The summed E-state index contributed by atoms with van der Waals surface area (Å²) in [4.78, 5) is 9.56. The summed E-state index contributed by atoms with van der Waals surface area (Å²) in [5, 5.41) is 5.30. The Morgan fingerprint density at radius 3 is 1.22 bits per heavy atom. The molecule has 0 spiro atoms. The second-order valence-corrected chi connectivity index (χ2v) is 9.73. The van der Waals surface area contributed by atoms with Gasteiger partial charge in [-0.15, -0.1) is 0 Å². The minimum atomic E-state index is 0. The van der Waals surface area contributed by atoms with Crippen molar-refractivity contribution in [1.29, 1.82) is 0 Å². The lowest BCUT2D eigenvalue weighted by atomic mass is 10.0. The van der Waals surface area contributed by atoms with Gasteiger partial charge < -0.3 is 53.6 Å². The van der Waals surface area contributed by atoms with Crippen LogP contribution in [0.3, 0.4) is 0 Å². The van der Waals surface area contributed by atoms with E-state index < -0.39 is 0 Å². The van der Waals surface area contributed by atoms with Gasteiger partial charge in [0, 0.05) is 70.8 Å². The fourth-order valence-electron chi connectivity index (χ4n) is 5.97. The van der Waals surface area contributed by atoms with E-state index in [0.29, 0.717) is 12.1 Å². The number of allylic oxidation sites excluding steroid dienone is 4. The molecule has 36 heavy (non-hydrogen) atoms. The van der Waals surface area contributed by atoms with Crippen LogP contribution in [0.5, 0.6) is 0 Å². The van der Waals surface area contributed by atoms with Crippen LogP contribution in [0.15, 0.2) is 73.4 Å². The van der Waals surface area contributed by atoms with Crippen LogP contribution in [-0.4, -0.2) is 25.2 Å². The van der Waals surface area contributed by atoms with Gasteiger partial charge in [-0.3, -0.25) is 0 Å². The Morgan fingerprint density at radius 2 is 0.833 bits per heavy atom. The van der Waals surface area contributed by atoms with Gasteiger partial charge >= 0.3 is 0 Å². The highest BCUT2D eigenvalue weighted by atomic mass is 79.9. The third kappa shape index (κ3) is 3.70. The average Bonchev–Trinajstić information content (AvgIpc) is 2.87. The van der Waals surface area contributed by atoms with E-state index in [-0.39, 0.29) is 34.0 Å². The molecule has 6 aliphatic rings. The van der Waals surface area contributed by atoms with E-state index in [9.17, 15) is 0 Å². The standard InChI is InChI=1S/2C15H14N2.2BrH/c2*1-11-10-16-8-2-4-12-6-7-13-5-3-9-17(11)15(13)14(12)16;;/h2*2-9,11H,10H2,1H3;2*1H/p-2. The van der Waals surface area contributed by atoms with Gasteiger partial charge in [0.2, 0.25) is 0 Å². The van der Waals surface area contributed by atoms with E-state index in [0.717, 1.165) is 13.1 Å². The highest BCUT2D eigenvalue weighted by Crippen LogP contribution is 2.33. The van der Waals surface area contributed by atoms with Gasteiger partial charge in [0.25, 0.3) is 0 Å². The molecular weight excluding hydrogens is 576 g/mol. The molecule has 0 saturated carbocycles. The number of anilines is 4. The number of halogens is 2. The first kappa shape index (κ1) is 24.7. The zero-order chi connectivity index (χ0) is 22.8. The van der Waals surface area contributed by atoms with Crippen LogP contribution in [0.2, 0.25) is 0 Å². The highest BCUT2D eigenvalue weighted by Gasteiger charge is 2.30. The van der Waals surface area contributed by atoms with Gasteiger partial charge in [0.1, 0.15) is 0 Å². The molecule has 0 fully saturated rings. The van der Waals surface area contributed by atoms with Gasteiger partial charge in [0.05, 0.1) is 22.7 Å². The second kappa shape index (κ2) is 9.49. The Bertz CT molecular complexity index is 1460. The Labute approximate surface area is 233 Å². The third-order valence-electron chi connectivity index (χ3n) is 7.52. The van der Waals surface area contributed by atoms with Crippen molar-refractivity contribution in [3.63, 3.8) is 0 Å². The van der Waals surface area contributed by atoms with E-state index in [1.54, 1.807) is 0 Å². The van der Waals surface area contributed by atoms with Gasteiger partial charge in [0.15, 0.2) is 0 Å². The molecule has 0 N–H and O–H groups in total. The lowest BCUT2D eigenvalue weighted by Crippen LogP contribution is -3.00. The molecule has 0 aliphatic carbocycles. The fourth-order valence-corrected chi connectivity index (χ4v) is 5.97. The van der Waals surface area contributed by atoms with Crippen LogP contribution in [0.1, 0.15) is 13.8 Å². The first-order chi connectivity index (χ1) is 16.7. The molecular formula is C30H28Br2N4-2. The quantitative estimate of drug-likeness (QED) is 0.312. The summed E-state index contributed by atoms with van der Waals surface area (Å²) in [5.74, 6) is 0. The van der Waals surface area contributed by atoms with Gasteiger partial charge in [-0.05, 0) is 38.2 Å². The van der Waals surface area contributed by atoms with Crippen molar-refractivity contribution < 1.29 is 34.0 Å². The van der Waals surface area contributed by atoms with Crippen molar-refractivity contribution in [3.8, 4) is 0 Å². The summed E-state index contributed by atoms with van der Waals surface area (Å²) in [6, 6.07) is 9.91. The van der Waals surface area contributed by atoms with E-state index in [1.807, 2.05) is 0 Å². The maximum atomic E-state index is 2.40. The van der Waals surface area contributed by atoms with Crippen molar-refractivity contribution in [3.05, 3.63) is 94.2 Å².